The van der Waals surface area contributed by atoms with Crippen LogP contribution in [0.4, 0.5) is 0 Å². The van der Waals surface area contributed by atoms with E-state index in [1.54, 1.807) is 0 Å². The first-order valence-corrected chi connectivity index (χ1v) is 7.18. The van der Waals surface area contributed by atoms with E-state index >= 15 is 0 Å². The highest BCUT2D eigenvalue weighted by atomic mass is 16.3. The van der Waals surface area contributed by atoms with Crippen LogP contribution in [0, 0.1) is 0 Å². The molecule has 0 saturated heterocycles. The molecule has 4 heteroatoms. The van der Waals surface area contributed by atoms with Gasteiger partial charge in [0.05, 0.1) is 6.61 Å². The molecule has 0 aromatic carbocycles. The summed E-state index contributed by atoms with van der Waals surface area (Å²) in [6, 6.07) is 0.612. The van der Waals surface area contributed by atoms with Crippen LogP contribution in [0.3, 0.4) is 0 Å². The number of nitrogens with one attached hydrogen (secondary N) is 1. The highest BCUT2D eigenvalue weighted by Gasteiger charge is 2.35. The van der Waals surface area contributed by atoms with Gasteiger partial charge in [-0.2, -0.15) is 0 Å². The molecule has 1 aliphatic carbocycles. The molecule has 108 valence electrons. The van der Waals surface area contributed by atoms with Gasteiger partial charge < -0.3 is 20.2 Å². The van der Waals surface area contributed by atoms with Gasteiger partial charge >= 0.3 is 0 Å². The van der Waals surface area contributed by atoms with Crippen LogP contribution in [0.15, 0.2) is 0 Å². The average molecular weight is 257 g/mol. The molecule has 0 radical (unpaired) electrons. The van der Waals surface area contributed by atoms with Gasteiger partial charge in [-0.3, -0.25) is 0 Å². The Morgan fingerprint density at radius 3 is 2.56 bits per heavy atom. The molecule has 0 amide bonds. The first kappa shape index (κ1) is 15.9. The third-order valence-electron chi connectivity index (χ3n) is 4.39. The van der Waals surface area contributed by atoms with Crippen LogP contribution in [0.2, 0.25) is 0 Å². The van der Waals surface area contributed by atoms with Crippen molar-refractivity contribution in [1.29, 1.82) is 0 Å². The average Bonchev–Trinajstić information content (AvgIpc) is 2.38. The van der Waals surface area contributed by atoms with Crippen molar-refractivity contribution in [3.05, 3.63) is 0 Å². The molecule has 1 saturated carbocycles. The van der Waals surface area contributed by atoms with Gasteiger partial charge in [0.1, 0.15) is 0 Å². The Bertz CT molecular complexity index is 229. The number of hydrogen-bond acceptors (Lipinski definition) is 4. The molecule has 0 aromatic rings. The molecular formula is C14H31N3O. The fourth-order valence-corrected chi connectivity index (χ4v) is 2.98. The third-order valence-corrected chi connectivity index (χ3v) is 4.39. The summed E-state index contributed by atoms with van der Waals surface area (Å²) in [6.45, 7) is 2.55. The number of likely N-dealkylation sites (N-methyl/N-ethyl adjacent to an activating group) is 1. The van der Waals surface area contributed by atoms with Crippen molar-refractivity contribution in [1.82, 2.24) is 15.1 Å². The molecule has 0 aliphatic heterocycles. The van der Waals surface area contributed by atoms with Crippen LogP contribution in [-0.2, 0) is 0 Å². The number of hydrogen-bond donors (Lipinski definition) is 2. The van der Waals surface area contributed by atoms with Crippen molar-refractivity contribution < 1.29 is 5.11 Å². The minimum atomic E-state index is -0.0429. The summed E-state index contributed by atoms with van der Waals surface area (Å²) < 4.78 is 0. The quantitative estimate of drug-likeness (QED) is 0.706. The van der Waals surface area contributed by atoms with Crippen LogP contribution in [0.1, 0.15) is 32.1 Å². The second kappa shape index (κ2) is 7.43. The molecule has 0 aromatic heterocycles. The lowest BCUT2D eigenvalue weighted by atomic mass is 9.79. The van der Waals surface area contributed by atoms with E-state index in [2.05, 4.69) is 36.3 Å². The maximum atomic E-state index is 9.60. The fourth-order valence-electron chi connectivity index (χ4n) is 2.98. The van der Waals surface area contributed by atoms with Crippen molar-refractivity contribution >= 4 is 0 Å². The van der Waals surface area contributed by atoms with E-state index in [1.165, 1.54) is 19.3 Å². The van der Waals surface area contributed by atoms with E-state index < -0.39 is 0 Å². The molecule has 0 spiro atoms. The summed E-state index contributed by atoms with van der Waals surface area (Å²) in [7, 11) is 8.45. The highest BCUT2D eigenvalue weighted by Crippen LogP contribution is 2.30. The lowest BCUT2D eigenvalue weighted by molar-refractivity contribution is 0.0736. The standard InChI is InChI=1S/C14H31N3O/c1-15-14(12-18)8-5-7-13(11-14)17(4)10-6-9-16(2)3/h13,15,18H,5-12H2,1-4H3. The molecule has 1 rings (SSSR count). The lowest BCUT2D eigenvalue weighted by Gasteiger charge is -2.43. The predicted molar refractivity (Wildman–Crippen MR) is 76.9 cm³/mol. The smallest absolute Gasteiger partial charge is 0.0613 e. The Morgan fingerprint density at radius 2 is 2.00 bits per heavy atom. The van der Waals surface area contributed by atoms with Crippen molar-refractivity contribution in [3.8, 4) is 0 Å². The molecular weight excluding hydrogens is 226 g/mol. The normalized spacial score (nSPS) is 29.2. The van der Waals surface area contributed by atoms with Crippen molar-refractivity contribution in [2.45, 2.75) is 43.7 Å². The summed E-state index contributed by atoms with van der Waals surface area (Å²) in [5, 5.41) is 12.9. The van der Waals surface area contributed by atoms with Gasteiger partial charge in [-0.05, 0) is 73.4 Å². The van der Waals surface area contributed by atoms with Gasteiger partial charge in [0.25, 0.3) is 0 Å². The van der Waals surface area contributed by atoms with E-state index in [-0.39, 0.29) is 12.1 Å². The van der Waals surface area contributed by atoms with E-state index in [0.29, 0.717) is 6.04 Å². The zero-order valence-electron chi connectivity index (χ0n) is 12.6. The Kier molecular flexibility index (Phi) is 6.57. The van der Waals surface area contributed by atoms with Crippen LogP contribution in [-0.4, -0.2) is 74.4 Å². The van der Waals surface area contributed by atoms with E-state index in [9.17, 15) is 5.11 Å². The van der Waals surface area contributed by atoms with Crippen LogP contribution in [0.5, 0.6) is 0 Å². The zero-order chi connectivity index (χ0) is 13.6. The minimum absolute atomic E-state index is 0.0429. The highest BCUT2D eigenvalue weighted by molar-refractivity contribution is 4.95. The first-order chi connectivity index (χ1) is 8.53. The zero-order valence-corrected chi connectivity index (χ0v) is 12.6. The fraction of sp³-hybridized carbons (Fsp3) is 1.00. The molecule has 0 heterocycles. The first-order valence-electron chi connectivity index (χ1n) is 7.18. The Hall–Kier alpha value is -0.160. The predicted octanol–water partition coefficient (Wildman–Crippen LogP) is 0.763. The van der Waals surface area contributed by atoms with Crippen molar-refractivity contribution in [2.75, 3.05) is 47.9 Å². The van der Waals surface area contributed by atoms with Crippen molar-refractivity contribution in [3.63, 3.8) is 0 Å². The Balaban J connectivity index is 2.40. The maximum absolute atomic E-state index is 9.60. The van der Waals surface area contributed by atoms with Gasteiger partial charge in [-0.1, -0.05) is 0 Å². The summed E-state index contributed by atoms with van der Waals surface area (Å²) in [5.74, 6) is 0. The van der Waals surface area contributed by atoms with Crippen molar-refractivity contribution in [2.24, 2.45) is 0 Å². The molecule has 18 heavy (non-hydrogen) atoms. The molecule has 1 aliphatic rings. The van der Waals surface area contributed by atoms with Crippen LogP contribution < -0.4 is 5.32 Å². The van der Waals surface area contributed by atoms with Gasteiger partial charge in [0.2, 0.25) is 0 Å². The molecule has 2 N–H and O–H groups in total. The number of aliphatic hydroxyl groups is 1. The van der Waals surface area contributed by atoms with Crippen LogP contribution in [0.25, 0.3) is 0 Å². The van der Waals surface area contributed by atoms with Gasteiger partial charge in [-0.25, -0.2) is 0 Å². The second-order valence-electron chi connectivity index (χ2n) is 6.08. The number of aliphatic hydroxyl groups excluding tert-OH is 1. The summed E-state index contributed by atoms with van der Waals surface area (Å²) in [5.41, 5.74) is -0.0429. The summed E-state index contributed by atoms with van der Waals surface area (Å²) >= 11 is 0. The van der Waals surface area contributed by atoms with E-state index in [1.807, 2.05) is 7.05 Å². The SMILES string of the molecule is CNC1(CO)CCCC(N(C)CCCN(C)C)C1. The van der Waals surface area contributed by atoms with E-state index in [4.69, 9.17) is 0 Å². The van der Waals surface area contributed by atoms with E-state index in [0.717, 1.165) is 25.9 Å². The Morgan fingerprint density at radius 1 is 1.28 bits per heavy atom. The van der Waals surface area contributed by atoms with Gasteiger partial charge in [-0.15, -0.1) is 0 Å². The van der Waals surface area contributed by atoms with Gasteiger partial charge in [0, 0.05) is 11.6 Å². The second-order valence-corrected chi connectivity index (χ2v) is 6.08. The summed E-state index contributed by atoms with van der Waals surface area (Å²) in [4.78, 5) is 4.71. The monoisotopic (exact) mass is 257 g/mol. The lowest BCUT2D eigenvalue weighted by Crippen LogP contribution is -2.54. The summed E-state index contributed by atoms with van der Waals surface area (Å²) in [6.07, 6.45) is 5.86. The largest absolute Gasteiger partial charge is 0.394 e. The number of rotatable bonds is 7. The molecule has 0 bridgehead atoms. The topological polar surface area (TPSA) is 38.7 Å². The third kappa shape index (κ3) is 4.50. The molecule has 2 unspecified atom stereocenters. The molecule has 2 atom stereocenters. The maximum Gasteiger partial charge on any atom is 0.0613 e. The number of nitrogens with zero attached hydrogens (tertiary/aromatic N) is 2. The molecule has 1 fully saturated rings. The molecule has 4 nitrogen and oxygen atoms in total. The van der Waals surface area contributed by atoms with Crippen LogP contribution >= 0.6 is 0 Å². The Labute approximate surface area is 112 Å². The van der Waals surface area contributed by atoms with Gasteiger partial charge in [0.15, 0.2) is 0 Å². The minimum Gasteiger partial charge on any atom is -0.394 e.